The molecule has 3 N–H and O–H groups in total. The highest BCUT2D eigenvalue weighted by atomic mass is 16.5. The summed E-state index contributed by atoms with van der Waals surface area (Å²) in [5, 5.41) is 9.19. The van der Waals surface area contributed by atoms with Crippen molar-refractivity contribution in [2.75, 3.05) is 24.4 Å². The number of nitrogens with one attached hydrogen (secondary N) is 3. The van der Waals surface area contributed by atoms with Crippen LogP contribution in [0.25, 0.3) is 0 Å². The molecule has 0 saturated heterocycles. The first-order chi connectivity index (χ1) is 17.3. The number of hydrogen-bond acceptors (Lipinski definition) is 6. The second-order valence-electron chi connectivity index (χ2n) is 8.03. The van der Waals surface area contributed by atoms with Gasteiger partial charge in [-0.15, -0.1) is 0 Å². The van der Waals surface area contributed by atoms with Crippen LogP contribution in [0.4, 0.5) is 11.4 Å². The monoisotopic (exact) mass is 488 g/mol. The van der Waals surface area contributed by atoms with Crippen molar-refractivity contribution in [2.24, 2.45) is 5.10 Å². The Labute approximate surface area is 209 Å². The number of carbonyl (C=O) groups excluding carboxylic acids is 3. The van der Waals surface area contributed by atoms with Crippen LogP contribution < -0.4 is 25.5 Å². The molecule has 3 rings (SSSR count). The van der Waals surface area contributed by atoms with Crippen molar-refractivity contribution in [1.29, 1.82) is 0 Å². The van der Waals surface area contributed by atoms with Crippen LogP contribution >= 0.6 is 0 Å². The largest absolute Gasteiger partial charge is 0.493 e. The van der Waals surface area contributed by atoms with E-state index in [1.165, 1.54) is 13.3 Å². The number of para-hydroxylation sites is 1. The number of hydrazone groups is 1. The van der Waals surface area contributed by atoms with Crippen LogP contribution in [0.15, 0.2) is 65.8 Å². The fourth-order valence-corrected chi connectivity index (χ4v) is 3.19. The molecule has 0 atom stereocenters. The number of methoxy groups -OCH3 is 1. The molecule has 9 nitrogen and oxygen atoms in total. The van der Waals surface area contributed by atoms with Crippen molar-refractivity contribution >= 4 is 35.3 Å². The minimum Gasteiger partial charge on any atom is -0.493 e. The molecule has 3 amide bonds. The number of benzene rings is 3. The van der Waals surface area contributed by atoms with E-state index < -0.39 is 11.8 Å². The summed E-state index contributed by atoms with van der Waals surface area (Å²) in [6, 6.07) is 17.8. The van der Waals surface area contributed by atoms with E-state index >= 15 is 0 Å². The third kappa shape index (κ3) is 7.17. The summed E-state index contributed by atoms with van der Waals surface area (Å²) in [6.07, 6.45) is 1.36. The third-order valence-corrected chi connectivity index (χ3v) is 5.19. The number of hydrogen-bond donors (Lipinski definition) is 3. The fraction of sp³-hybridized carbons (Fsp3) is 0.185. The second kappa shape index (κ2) is 12.2. The van der Waals surface area contributed by atoms with Gasteiger partial charge in [-0.3, -0.25) is 14.4 Å². The Morgan fingerprint density at radius 1 is 0.833 bits per heavy atom. The summed E-state index contributed by atoms with van der Waals surface area (Å²) in [7, 11) is 1.47. The standard InChI is InChI=1S/C27H28N4O5/c1-17-9-10-19(3)22(13-17)29-25(32)16-36-23-12-11-20(14-24(23)35-4)15-28-31-27(34)26(33)30-21-8-6-5-7-18(21)2/h5-15H,16H2,1-4H3,(H,29,32)(H,30,33)(H,31,34)/b28-15-. The average molecular weight is 489 g/mol. The van der Waals surface area contributed by atoms with Gasteiger partial charge in [0, 0.05) is 11.4 Å². The van der Waals surface area contributed by atoms with E-state index in [-0.39, 0.29) is 12.5 Å². The van der Waals surface area contributed by atoms with E-state index in [1.54, 1.807) is 30.3 Å². The summed E-state index contributed by atoms with van der Waals surface area (Å²) in [6.45, 7) is 5.48. The summed E-state index contributed by atoms with van der Waals surface area (Å²) in [5.74, 6) is -1.30. The number of amides is 3. The van der Waals surface area contributed by atoms with E-state index in [4.69, 9.17) is 9.47 Å². The molecule has 0 aliphatic heterocycles. The Bertz CT molecular complexity index is 1300. The van der Waals surface area contributed by atoms with E-state index in [1.807, 2.05) is 51.1 Å². The maximum absolute atomic E-state index is 12.3. The molecular formula is C27H28N4O5. The normalized spacial score (nSPS) is 10.6. The summed E-state index contributed by atoms with van der Waals surface area (Å²) in [5.41, 5.74) is 6.88. The van der Waals surface area contributed by atoms with Gasteiger partial charge in [0.1, 0.15) is 0 Å². The first kappa shape index (κ1) is 26.0. The van der Waals surface area contributed by atoms with Crippen LogP contribution in [-0.2, 0) is 14.4 Å². The average Bonchev–Trinajstić information content (AvgIpc) is 2.86. The predicted molar refractivity (Wildman–Crippen MR) is 139 cm³/mol. The lowest BCUT2D eigenvalue weighted by molar-refractivity contribution is -0.136. The Morgan fingerprint density at radius 3 is 2.33 bits per heavy atom. The Kier molecular flexibility index (Phi) is 8.77. The van der Waals surface area contributed by atoms with Gasteiger partial charge in [0.2, 0.25) is 0 Å². The molecule has 36 heavy (non-hydrogen) atoms. The van der Waals surface area contributed by atoms with Gasteiger partial charge in [-0.25, -0.2) is 5.43 Å². The van der Waals surface area contributed by atoms with Gasteiger partial charge in [-0.1, -0.05) is 30.3 Å². The number of ether oxygens (including phenoxy) is 2. The second-order valence-corrected chi connectivity index (χ2v) is 8.03. The van der Waals surface area contributed by atoms with Crippen molar-refractivity contribution in [2.45, 2.75) is 20.8 Å². The summed E-state index contributed by atoms with van der Waals surface area (Å²) >= 11 is 0. The molecule has 0 saturated carbocycles. The number of rotatable bonds is 8. The predicted octanol–water partition coefficient (Wildman–Crippen LogP) is 3.73. The van der Waals surface area contributed by atoms with Crippen molar-refractivity contribution in [3.05, 3.63) is 82.9 Å². The van der Waals surface area contributed by atoms with Crippen LogP contribution in [0.5, 0.6) is 11.5 Å². The lowest BCUT2D eigenvalue weighted by Gasteiger charge is -2.12. The number of carbonyl (C=O) groups is 3. The van der Waals surface area contributed by atoms with Crippen molar-refractivity contribution in [3.8, 4) is 11.5 Å². The summed E-state index contributed by atoms with van der Waals surface area (Å²) < 4.78 is 11.0. The Morgan fingerprint density at radius 2 is 1.58 bits per heavy atom. The van der Waals surface area contributed by atoms with Gasteiger partial charge in [0.05, 0.1) is 13.3 Å². The summed E-state index contributed by atoms with van der Waals surface area (Å²) in [4.78, 5) is 36.4. The molecule has 9 heteroatoms. The minimum atomic E-state index is -0.906. The Balaban J connectivity index is 1.54. The van der Waals surface area contributed by atoms with Gasteiger partial charge in [-0.05, 0) is 73.4 Å². The van der Waals surface area contributed by atoms with Gasteiger partial charge in [0.25, 0.3) is 5.91 Å². The van der Waals surface area contributed by atoms with Crippen LogP contribution in [0.1, 0.15) is 22.3 Å². The molecule has 0 aromatic heterocycles. The van der Waals surface area contributed by atoms with E-state index in [9.17, 15) is 14.4 Å². The Hall–Kier alpha value is -4.66. The highest BCUT2D eigenvalue weighted by Crippen LogP contribution is 2.27. The third-order valence-electron chi connectivity index (χ3n) is 5.19. The maximum atomic E-state index is 12.3. The van der Waals surface area contributed by atoms with Crippen molar-refractivity contribution in [1.82, 2.24) is 5.43 Å². The molecular weight excluding hydrogens is 460 g/mol. The zero-order valence-electron chi connectivity index (χ0n) is 20.5. The molecule has 0 spiro atoms. The number of nitrogens with zero attached hydrogens (tertiary/aromatic N) is 1. The van der Waals surface area contributed by atoms with Crippen LogP contribution in [0.2, 0.25) is 0 Å². The zero-order chi connectivity index (χ0) is 26.1. The zero-order valence-corrected chi connectivity index (χ0v) is 20.5. The van der Waals surface area contributed by atoms with Crippen LogP contribution in [0.3, 0.4) is 0 Å². The van der Waals surface area contributed by atoms with E-state index in [2.05, 4.69) is 21.2 Å². The quantitative estimate of drug-likeness (QED) is 0.254. The highest BCUT2D eigenvalue weighted by molar-refractivity contribution is 6.39. The highest BCUT2D eigenvalue weighted by Gasteiger charge is 2.14. The molecule has 0 fully saturated rings. The first-order valence-electron chi connectivity index (χ1n) is 11.1. The molecule has 0 radical (unpaired) electrons. The van der Waals surface area contributed by atoms with Gasteiger partial charge in [0.15, 0.2) is 18.1 Å². The first-order valence-corrected chi connectivity index (χ1v) is 11.1. The topological polar surface area (TPSA) is 118 Å². The van der Waals surface area contributed by atoms with E-state index in [0.717, 1.165) is 22.4 Å². The SMILES string of the molecule is COc1cc(/C=N\NC(=O)C(=O)Nc2ccccc2C)ccc1OCC(=O)Nc1cc(C)ccc1C. The lowest BCUT2D eigenvalue weighted by Crippen LogP contribution is -2.32. The van der Waals surface area contributed by atoms with Crippen LogP contribution in [-0.4, -0.2) is 37.7 Å². The smallest absolute Gasteiger partial charge is 0.329 e. The van der Waals surface area contributed by atoms with Gasteiger partial charge < -0.3 is 20.1 Å². The number of anilines is 2. The molecule has 0 unspecified atom stereocenters. The molecule has 0 aliphatic rings. The molecule has 0 aliphatic carbocycles. The van der Waals surface area contributed by atoms with Crippen molar-refractivity contribution < 1.29 is 23.9 Å². The van der Waals surface area contributed by atoms with Gasteiger partial charge >= 0.3 is 11.8 Å². The molecule has 0 bridgehead atoms. The fourth-order valence-electron chi connectivity index (χ4n) is 3.19. The van der Waals surface area contributed by atoms with Gasteiger partial charge in [-0.2, -0.15) is 5.10 Å². The molecule has 3 aromatic carbocycles. The van der Waals surface area contributed by atoms with E-state index in [0.29, 0.717) is 22.7 Å². The maximum Gasteiger partial charge on any atom is 0.329 e. The minimum absolute atomic E-state index is 0.205. The molecule has 3 aromatic rings. The lowest BCUT2D eigenvalue weighted by atomic mass is 10.1. The number of aryl methyl sites for hydroxylation is 3. The molecule has 0 heterocycles. The molecule has 186 valence electrons. The van der Waals surface area contributed by atoms with Crippen molar-refractivity contribution in [3.63, 3.8) is 0 Å². The van der Waals surface area contributed by atoms with Crippen LogP contribution in [0, 0.1) is 20.8 Å².